The van der Waals surface area contributed by atoms with Crippen molar-refractivity contribution in [3.8, 4) is 6.07 Å². The summed E-state index contributed by atoms with van der Waals surface area (Å²) in [5, 5.41) is 7.80. The number of rotatable bonds is 2. The first kappa shape index (κ1) is 14.5. The molecule has 0 saturated carbocycles. The van der Waals surface area contributed by atoms with Crippen molar-refractivity contribution in [1.29, 1.82) is 5.26 Å². The summed E-state index contributed by atoms with van der Waals surface area (Å²) in [6.45, 7) is 0. The van der Waals surface area contributed by atoms with E-state index in [1.165, 1.54) is 0 Å². The van der Waals surface area contributed by atoms with Crippen LogP contribution in [0.1, 0.15) is 1.43 Å². The van der Waals surface area contributed by atoms with E-state index in [1.54, 1.807) is 0 Å². The van der Waals surface area contributed by atoms with Gasteiger partial charge in [-0.05, 0) is 0 Å². The molecule has 0 bridgehead atoms. The molecular weight excluding hydrogens is 192 g/mol. The zero-order valence-electron chi connectivity index (χ0n) is 6.88. The van der Waals surface area contributed by atoms with E-state index in [0.29, 0.717) is 0 Å². The number of hydrogen-bond acceptors (Lipinski definition) is 3. The van der Waals surface area contributed by atoms with E-state index in [1.807, 2.05) is 0 Å². The fourth-order valence-electron chi connectivity index (χ4n) is 0.263. The van der Waals surface area contributed by atoms with Gasteiger partial charge in [-0.15, -0.1) is 0 Å². The van der Waals surface area contributed by atoms with Gasteiger partial charge in [0.05, 0.1) is 6.07 Å². The van der Waals surface area contributed by atoms with Gasteiger partial charge in [-0.2, -0.15) is 18.4 Å². The Morgan fingerprint density at radius 1 is 1.67 bits per heavy atom. The monoisotopic (exact) mass is 195 g/mol. The predicted octanol–water partition coefficient (Wildman–Crippen LogP) is -3.06. The van der Waals surface area contributed by atoms with Crippen LogP contribution in [0.2, 0.25) is 0 Å². The predicted molar refractivity (Wildman–Crippen MR) is 28.6 cm³/mol. The second kappa shape index (κ2) is 5.57. The molecule has 0 aliphatic rings. The van der Waals surface area contributed by atoms with Crippen LogP contribution in [0.4, 0.5) is 13.2 Å². The Kier molecular flexibility index (Phi) is 6.71. The Bertz CT molecular complexity index is 208. The van der Waals surface area contributed by atoms with Crippen molar-refractivity contribution < 1.29 is 42.2 Å². The molecule has 0 aromatic carbocycles. The fourth-order valence-corrected chi connectivity index (χ4v) is 0.641. The molecule has 0 aliphatic carbocycles. The molecular formula is C3H3F3LiN2O2S-. The minimum atomic E-state index is -4.87. The minimum absolute atomic E-state index is 0. The van der Waals surface area contributed by atoms with Crippen molar-refractivity contribution in [1.82, 2.24) is 4.72 Å². The summed E-state index contributed by atoms with van der Waals surface area (Å²) < 4.78 is 54.9. The molecule has 12 heavy (non-hydrogen) atoms. The van der Waals surface area contributed by atoms with Crippen molar-refractivity contribution in [2.75, 3.05) is 0 Å². The van der Waals surface area contributed by atoms with Gasteiger partial charge in [0, 0.05) is 11.3 Å². The molecule has 0 fully saturated rings. The third-order valence-corrected chi connectivity index (χ3v) is 1.10. The second-order valence-electron chi connectivity index (χ2n) is 1.46. The van der Waals surface area contributed by atoms with E-state index in [-0.39, 0.29) is 20.3 Å². The molecule has 2 unspecified atom stereocenters. The summed E-state index contributed by atoms with van der Waals surface area (Å²) in [7, 11) is 0. The van der Waals surface area contributed by atoms with E-state index in [9.17, 15) is 21.9 Å². The second-order valence-corrected chi connectivity index (χ2v) is 2.16. The third-order valence-electron chi connectivity index (χ3n) is 0.671. The van der Waals surface area contributed by atoms with E-state index in [2.05, 4.69) is 0 Å². The Morgan fingerprint density at radius 3 is 2.17 bits per heavy atom. The normalized spacial score (nSPS) is 15.6. The molecule has 0 spiro atoms. The van der Waals surface area contributed by atoms with Gasteiger partial charge in [-0.1, -0.05) is 0 Å². The Morgan fingerprint density at radius 2 is 2.08 bits per heavy atom. The Hall–Kier alpha value is -0.0526. The molecule has 0 saturated heterocycles. The van der Waals surface area contributed by atoms with Crippen LogP contribution in [0.15, 0.2) is 0 Å². The summed E-state index contributed by atoms with van der Waals surface area (Å²) in [6.07, 6.45) is -4.87. The first-order valence-corrected chi connectivity index (χ1v) is 3.27. The van der Waals surface area contributed by atoms with E-state index < -0.39 is 23.5 Å². The maximum Gasteiger partial charge on any atom is 1.00 e. The number of nitriles is 1. The third kappa shape index (κ3) is 5.58. The van der Waals surface area contributed by atoms with Crippen LogP contribution >= 0.6 is 0 Å². The Labute approximate surface area is 82.2 Å². The number of nitrogens with one attached hydrogen (secondary N) is 1. The average Bonchev–Trinajstić information content (AvgIpc) is 1.79. The topological polar surface area (TPSA) is 76.0 Å². The smallest absolute Gasteiger partial charge is 1.00 e. The first-order valence-electron chi connectivity index (χ1n) is 2.19. The van der Waals surface area contributed by atoms with Crippen molar-refractivity contribution in [3.63, 3.8) is 0 Å². The summed E-state index contributed by atoms with van der Waals surface area (Å²) >= 11 is -3.08. The van der Waals surface area contributed by atoms with Crippen molar-refractivity contribution in [2.45, 2.75) is 12.2 Å². The van der Waals surface area contributed by atoms with Gasteiger partial charge >= 0.3 is 25.0 Å². The van der Waals surface area contributed by atoms with Crippen LogP contribution < -0.4 is 23.6 Å². The van der Waals surface area contributed by atoms with Gasteiger partial charge < -0.3 is 5.98 Å². The summed E-state index contributed by atoms with van der Waals surface area (Å²) in [5.74, 6) is 0. The maximum atomic E-state index is 11.5. The largest absolute Gasteiger partial charge is 1.00 e. The summed E-state index contributed by atoms with van der Waals surface area (Å²) in [4.78, 5) is 0. The molecule has 9 heteroatoms. The van der Waals surface area contributed by atoms with Crippen molar-refractivity contribution in [2.24, 2.45) is 0 Å². The van der Waals surface area contributed by atoms with Crippen LogP contribution in [0, 0.1) is 11.3 Å². The Balaban J connectivity index is -0.000000500. The van der Waals surface area contributed by atoms with E-state index in [4.69, 9.17) is 5.26 Å². The number of alkyl halides is 3. The van der Waals surface area contributed by atoms with Gasteiger partial charge in [0.1, 0.15) is 0 Å². The molecule has 0 rings (SSSR count). The van der Waals surface area contributed by atoms with Gasteiger partial charge in [-0.25, -0.2) is 4.72 Å². The van der Waals surface area contributed by atoms with Crippen molar-refractivity contribution >= 4 is 11.3 Å². The molecule has 0 radical (unpaired) electrons. The van der Waals surface area contributed by atoms with Crippen LogP contribution in [0.5, 0.6) is 0 Å². The maximum absolute atomic E-state index is 11.5. The first-order chi connectivity index (χ1) is 4.88. The van der Waals surface area contributed by atoms with E-state index in [0.717, 1.165) is 10.8 Å². The van der Waals surface area contributed by atoms with E-state index >= 15 is 0 Å². The molecule has 0 heterocycles. The minimum Gasteiger partial charge on any atom is -1.00 e. The van der Waals surface area contributed by atoms with Crippen molar-refractivity contribution in [3.05, 3.63) is 0 Å². The molecule has 66 valence electrons. The molecule has 0 aromatic rings. The van der Waals surface area contributed by atoms with Gasteiger partial charge in [0.15, 0.2) is 0 Å². The van der Waals surface area contributed by atoms with Crippen LogP contribution in [-0.4, -0.2) is 21.0 Å². The van der Waals surface area contributed by atoms with Gasteiger partial charge in [0.2, 0.25) is 6.04 Å². The molecule has 0 aliphatic heterocycles. The van der Waals surface area contributed by atoms with Crippen LogP contribution in [-0.2, 0) is 11.3 Å². The van der Waals surface area contributed by atoms with Gasteiger partial charge in [0.25, 0.3) is 0 Å². The number of hydrogen-bond donors (Lipinski definition) is 1. The standard InChI is InChI=1S/C3H3F3N2O2S.Li.H/c4-3(5,6)2(1-7)8-11(9)10;;/h2,8H,(H,9,10);;/q;+1;-1/p-1. The molecule has 4 nitrogen and oxygen atoms in total. The summed E-state index contributed by atoms with van der Waals surface area (Å²) in [5.41, 5.74) is 0. The number of halogens is 3. The molecule has 0 amide bonds. The molecule has 2 atom stereocenters. The molecule has 1 N–H and O–H groups in total. The summed E-state index contributed by atoms with van der Waals surface area (Å²) in [6, 6.07) is -1.92. The van der Waals surface area contributed by atoms with Crippen LogP contribution in [0.25, 0.3) is 0 Å². The quantitative estimate of drug-likeness (QED) is 0.375. The average molecular weight is 195 g/mol. The zero-order valence-corrected chi connectivity index (χ0v) is 6.70. The SMILES string of the molecule is N#CC(NS(=O)[O-])C(F)(F)F.[H-].[Li+]. The zero-order chi connectivity index (χ0) is 9.07. The number of nitrogens with zero attached hydrogens (tertiary/aromatic N) is 1. The fraction of sp³-hybridized carbons (Fsp3) is 0.667. The molecule has 0 aromatic heterocycles. The van der Waals surface area contributed by atoms with Crippen LogP contribution in [0.3, 0.4) is 0 Å². The van der Waals surface area contributed by atoms with Gasteiger partial charge in [-0.3, -0.25) is 4.21 Å².